The predicted octanol–water partition coefficient (Wildman–Crippen LogP) is 2.89. The number of aromatic nitrogens is 4. The Labute approximate surface area is 185 Å². The Morgan fingerprint density at radius 1 is 1.26 bits per heavy atom. The number of sulfone groups is 1. The number of H-pyrrole nitrogens is 1. The molecule has 8 nitrogen and oxygen atoms in total. The fraction of sp³-hybridized carbons (Fsp3) is 0.476. The minimum absolute atomic E-state index is 0.0512. The molecule has 0 spiro atoms. The lowest BCUT2D eigenvalue weighted by molar-refractivity contribution is -0.130. The van der Waals surface area contributed by atoms with Gasteiger partial charge >= 0.3 is 0 Å². The average molecular weight is 460 g/mol. The number of amides is 1. The molecule has 1 aliphatic carbocycles. The first-order chi connectivity index (χ1) is 14.8. The van der Waals surface area contributed by atoms with Crippen LogP contribution in [0.1, 0.15) is 32.2 Å². The number of nitrogens with zero attached hydrogens (tertiary/aromatic N) is 4. The number of rotatable bonds is 6. The maximum absolute atomic E-state index is 13.0. The van der Waals surface area contributed by atoms with Crippen molar-refractivity contribution < 1.29 is 13.2 Å². The number of aromatic amines is 1. The van der Waals surface area contributed by atoms with Gasteiger partial charge in [-0.25, -0.2) is 8.42 Å². The largest absolute Gasteiger partial charge is 0.360 e. The first-order valence-corrected chi connectivity index (χ1v) is 13.2. The first kappa shape index (κ1) is 20.6. The number of fused-ring (bicyclic) bond motifs is 1. The first-order valence-electron chi connectivity index (χ1n) is 10.5. The summed E-state index contributed by atoms with van der Waals surface area (Å²) in [7, 11) is -1.34. The van der Waals surface area contributed by atoms with Gasteiger partial charge in [-0.1, -0.05) is 30.0 Å². The second-order valence-corrected chi connectivity index (χ2v) is 12.0. The fourth-order valence-corrected chi connectivity index (χ4v) is 7.01. The Bertz CT molecular complexity index is 1240. The van der Waals surface area contributed by atoms with E-state index in [2.05, 4.69) is 25.8 Å². The van der Waals surface area contributed by atoms with Crippen molar-refractivity contribution in [3.8, 4) is 11.4 Å². The SMILES string of the molecule is C[C@@H](Sc1nnc(-c2c[nH]c3ccccc23)n1C1CC1)C(=O)N(C)[C@@H]1CCS(=O)(=O)C1. The summed E-state index contributed by atoms with van der Waals surface area (Å²) in [6, 6.07) is 8.20. The van der Waals surface area contributed by atoms with Gasteiger partial charge in [0, 0.05) is 41.8 Å². The summed E-state index contributed by atoms with van der Waals surface area (Å²) < 4.78 is 25.7. The van der Waals surface area contributed by atoms with Crippen molar-refractivity contribution in [3.63, 3.8) is 0 Å². The van der Waals surface area contributed by atoms with E-state index < -0.39 is 9.84 Å². The van der Waals surface area contributed by atoms with Crippen LogP contribution in [0, 0.1) is 0 Å². The smallest absolute Gasteiger partial charge is 0.235 e. The van der Waals surface area contributed by atoms with Gasteiger partial charge in [-0.05, 0) is 32.3 Å². The number of nitrogens with one attached hydrogen (secondary N) is 1. The number of hydrogen-bond acceptors (Lipinski definition) is 6. The van der Waals surface area contributed by atoms with Crippen LogP contribution >= 0.6 is 11.8 Å². The molecule has 1 amide bonds. The maximum atomic E-state index is 13.0. The normalized spacial score (nSPS) is 21.4. The third-order valence-corrected chi connectivity index (χ3v) is 8.94. The molecule has 0 unspecified atom stereocenters. The Kier molecular flexibility index (Phi) is 5.09. The molecule has 2 atom stereocenters. The topological polar surface area (TPSA) is 101 Å². The molecule has 3 aromatic rings. The van der Waals surface area contributed by atoms with Gasteiger partial charge in [0.05, 0.1) is 16.8 Å². The Morgan fingerprint density at radius 2 is 2.03 bits per heavy atom. The summed E-state index contributed by atoms with van der Waals surface area (Å²) in [5.41, 5.74) is 2.06. The summed E-state index contributed by atoms with van der Waals surface area (Å²) in [6.07, 6.45) is 4.61. The minimum atomic E-state index is -3.04. The molecule has 1 saturated heterocycles. The second kappa shape index (κ2) is 7.67. The van der Waals surface area contributed by atoms with Gasteiger partial charge in [0.25, 0.3) is 0 Å². The van der Waals surface area contributed by atoms with Crippen molar-refractivity contribution in [2.24, 2.45) is 0 Å². The fourth-order valence-electron chi connectivity index (χ4n) is 4.22. The van der Waals surface area contributed by atoms with Gasteiger partial charge in [-0.15, -0.1) is 10.2 Å². The Hall–Kier alpha value is -2.33. The van der Waals surface area contributed by atoms with Gasteiger partial charge in [0.1, 0.15) is 0 Å². The molecule has 1 aliphatic heterocycles. The van der Waals surface area contributed by atoms with Crippen molar-refractivity contribution in [2.75, 3.05) is 18.6 Å². The minimum Gasteiger partial charge on any atom is -0.360 e. The highest BCUT2D eigenvalue weighted by molar-refractivity contribution is 8.00. The van der Waals surface area contributed by atoms with E-state index in [0.717, 1.165) is 40.3 Å². The standard InChI is InChI=1S/C21H25N5O3S2/c1-13(20(27)25(2)15-9-10-31(28,29)12-15)30-21-24-23-19(26(21)14-7-8-14)17-11-22-18-6-4-3-5-16(17)18/h3-6,11,13-15,22H,7-10,12H2,1-2H3/t13-,15-/m1/s1. The number of thioether (sulfide) groups is 1. The van der Waals surface area contributed by atoms with Crippen molar-refractivity contribution in [2.45, 2.75) is 48.7 Å². The number of hydrogen-bond donors (Lipinski definition) is 1. The molecule has 1 N–H and O–H groups in total. The van der Waals surface area contributed by atoms with E-state index in [0.29, 0.717) is 12.5 Å². The van der Waals surface area contributed by atoms with Crippen LogP contribution in [0.4, 0.5) is 0 Å². The number of carbonyl (C=O) groups excluding carboxylic acids is 1. The lowest BCUT2D eigenvalue weighted by Gasteiger charge is -2.26. The van der Waals surface area contributed by atoms with Crippen LogP contribution in [-0.2, 0) is 14.6 Å². The molecule has 2 aliphatic rings. The zero-order valence-corrected chi connectivity index (χ0v) is 19.1. The zero-order valence-electron chi connectivity index (χ0n) is 17.5. The molecule has 5 rings (SSSR count). The number of para-hydroxylation sites is 1. The molecule has 2 fully saturated rings. The quantitative estimate of drug-likeness (QED) is 0.569. The van der Waals surface area contributed by atoms with Crippen molar-refractivity contribution in [1.82, 2.24) is 24.6 Å². The lowest BCUT2D eigenvalue weighted by Crippen LogP contribution is -2.41. The third-order valence-electron chi connectivity index (χ3n) is 6.14. The summed E-state index contributed by atoms with van der Waals surface area (Å²) in [6.45, 7) is 1.85. The van der Waals surface area contributed by atoms with Crippen LogP contribution in [0.3, 0.4) is 0 Å². The zero-order chi connectivity index (χ0) is 21.8. The summed E-state index contributed by atoms with van der Waals surface area (Å²) in [5.74, 6) is 0.944. The van der Waals surface area contributed by atoms with E-state index in [1.54, 1.807) is 11.9 Å². The highest BCUT2D eigenvalue weighted by Crippen LogP contribution is 2.43. The Balaban J connectivity index is 1.39. The molecule has 10 heteroatoms. The van der Waals surface area contributed by atoms with E-state index in [1.165, 1.54) is 11.8 Å². The molecule has 3 heterocycles. The highest BCUT2D eigenvalue weighted by atomic mass is 32.2. The lowest BCUT2D eigenvalue weighted by atomic mass is 10.1. The Morgan fingerprint density at radius 3 is 2.74 bits per heavy atom. The van der Waals surface area contributed by atoms with Crippen LogP contribution in [0.15, 0.2) is 35.6 Å². The van der Waals surface area contributed by atoms with Gasteiger partial charge in [-0.3, -0.25) is 9.36 Å². The third kappa shape index (κ3) is 3.87. The van der Waals surface area contributed by atoms with Gasteiger partial charge in [0.2, 0.25) is 5.91 Å². The molecule has 0 bridgehead atoms. The van der Waals surface area contributed by atoms with E-state index in [-0.39, 0.29) is 28.7 Å². The van der Waals surface area contributed by atoms with Crippen molar-refractivity contribution in [1.29, 1.82) is 0 Å². The van der Waals surface area contributed by atoms with Crippen LogP contribution < -0.4 is 0 Å². The second-order valence-electron chi connectivity index (χ2n) is 8.42. The predicted molar refractivity (Wildman–Crippen MR) is 121 cm³/mol. The van der Waals surface area contributed by atoms with E-state index in [1.807, 2.05) is 31.3 Å². The van der Waals surface area contributed by atoms with E-state index in [4.69, 9.17) is 0 Å². The van der Waals surface area contributed by atoms with Crippen LogP contribution in [0.25, 0.3) is 22.3 Å². The van der Waals surface area contributed by atoms with Gasteiger partial charge in [-0.2, -0.15) is 0 Å². The number of benzene rings is 1. The van der Waals surface area contributed by atoms with E-state index in [9.17, 15) is 13.2 Å². The van der Waals surface area contributed by atoms with Crippen LogP contribution in [0.2, 0.25) is 0 Å². The number of carbonyl (C=O) groups is 1. The van der Waals surface area contributed by atoms with Crippen LogP contribution in [0.5, 0.6) is 0 Å². The summed E-state index contributed by atoms with van der Waals surface area (Å²) in [5, 5.41) is 10.4. The summed E-state index contributed by atoms with van der Waals surface area (Å²) in [4.78, 5) is 17.9. The molecule has 164 valence electrons. The molecule has 31 heavy (non-hydrogen) atoms. The molecular formula is C21H25N5O3S2. The monoisotopic (exact) mass is 459 g/mol. The molecule has 0 radical (unpaired) electrons. The van der Waals surface area contributed by atoms with E-state index >= 15 is 0 Å². The maximum Gasteiger partial charge on any atom is 0.235 e. The summed E-state index contributed by atoms with van der Waals surface area (Å²) >= 11 is 1.40. The molecule has 1 saturated carbocycles. The highest BCUT2D eigenvalue weighted by Gasteiger charge is 2.36. The van der Waals surface area contributed by atoms with Crippen LogP contribution in [-0.4, -0.2) is 68.8 Å². The van der Waals surface area contributed by atoms with Gasteiger partial charge < -0.3 is 9.88 Å². The van der Waals surface area contributed by atoms with Crippen molar-refractivity contribution in [3.05, 3.63) is 30.5 Å². The van der Waals surface area contributed by atoms with Gasteiger partial charge in [0.15, 0.2) is 20.8 Å². The molecule has 2 aromatic heterocycles. The molecule has 1 aromatic carbocycles. The molecular weight excluding hydrogens is 434 g/mol. The average Bonchev–Trinajstić information content (AvgIpc) is 3.19. The van der Waals surface area contributed by atoms with Crippen molar-refractivity contribution >= 4 is 38.4 Å².